The lowest BCUT2D eigenvalue weighted by atomic mass is 9.95. The Labute approximate surface area is 127 Å². The predicted octanol–water partition coefficient (Wildman–Crippen LogP) is 3.35. The number of carbonyl (C=O) groups excluding carboxylic acids is 1. The van der Waals surface area contributed by atoms with Gasteiger partial charge in [0.15, 0.2) is 0 Å². The van der Waals surface area contributed by atoms with Crippen LogP contribution in [0.5, 0.6) is 0 Å². The van der Waals surface area contributed by atoms with Crippen LogP contribution in [-0.4, -0.2) is 17.2 Å². The number of benzene rings is 2. The van der Waals surface area contributed by atoms with E-state index in [9.17, 15) is 9.18 Å². The van der Waals surface area contributed by atoms with Crippen LogP contribution in [0.1, 0.15) is 18.9 Å². The average molecular weight is 298 g/mol. The molecule has 0 saturated heterocycles. The van der Waals surface area contributed by atoms with Gasteiger partial charge in [-0.25, -0.2) is 4.39 Å². The summed E-state index contributed by atoms with van der Waals surface area (Å²) in [4.78, 5) is 17.7. The molecule has 0 spiro atoms. The summed E-state index contributed by atoms with van der Waals surface area (Å²) in [6.07, 6.45) is 0.331. The number of para-hydroxylation sites is 1. The van der Waals surface area contributed by atoms with Crippen molar-refractivity contribution in [1.29, 1.82) is 0 Å². The first-order valence-electron chi connectivity index (χ1n) is 6.95. The van der Waals surface area contributed by atoms with Crippen LogP contribution in [0.15, 0.2) is 59.8 Å². The molecule has 0 saturated carbocycles. The molecule has 1 aliphatic rings. The standard InChI is InChI=1S/C17H15FN2O2/c1-17(16(21)19-14-10-6-5-9-13(14)18)11-15(20-22-17)12-7-3-2-4-8-12/h2-10H,11H2,1H3,(H,19,21). The summed E-state index contributed by atoms with van der Waals surface area (Å²) in [6.45, 7) is 1.64. The average Bonchev–Trinajstić information content (AvgIpc) is 2.94. The minimum absolute atomic E-state index is 0.130. The molecule has 0 radical (unpaired) electrons. The number of rotatable bonds is 3. The van der Waals surface area contributed by atoms with Crippen LogP contribution in [0.3, 0.4) is 0 Å². The highest BCUT2D eigenvalue weighted by Crippen LogP contribution is 2.28. The highest BCUT2D eigenvalue weighted by molar-refractivity contribution is 6.07. The Kier molecular flexibility index (Phi) is 3.63. The van der Waals surface area contributed by atoms with Crippen molar-refractivity contribution in [2.24, 2.45) is 5.16 Å². The van der Waals surface area contributed by atoms with Crippen molar-refractivity contribution in [3.63, 3.8) is 0 Å². The first kappa shape index (κ1) is 14.3. The van der Waals surface area contributed by atoms with Gasteiger partial charge in [0.05, 0.1) is 11.4 Å². The molecule has 5 heteroatoms. The highest BCUT2D eigenvalue weighted by Gasteiger charge is 2.42. The van der Waals surface area contributed by atoms with Crippen molar-refractivity contribution in [1.82, 2.24) is 0 Å². The van der Waals surface area contributed by atoms with E-state index in [-0.39, 0.29) is 5.69 Å². The quantitative estimate of drug-likeness (QED) is 0.944. The van der Waals surface area contributed by atoms with Crippen LogP contribution in [-0.2, 0) is 9.63 Å². The van der Waals surface area contributed by atoms with E-state index in [1.165, 1.54) is 12.1 Å². The molecular weight excluding hydrogens is 283 g/mol. The molecule has 1 aliphatic heterocycles. The van der Waals surface area contributed by atoms with E-state index in [4.69, 9.17) is 4.84 Å². The van der Waals surface area contributed by atoms with Crippen LogP contribution >= 0.6 is 0 Å². The molecule has 0 aliphatic carbocycles. The monoisotopic (exact) mass is 298 g/mol. The molecule has 0 fully saturated rings. The van der Waals surface area contributed by atoms with Gasteiger partial charge in [0.2, 0.25) is 5.60 Å². The van der Waals surface area contributed by atoms with Gasteiger partial charge in [0.25, 0.3) is 5.91 Å². The van der Waals surface area contributed by atoms with Crippen molar-refractivity contribution in [3.8, 4) is 0 Å². The summed E-state index contributed by atoms with van der Waals surface area (Å²) in [6, 6.07) is 15.5. The van der Waals surface area contributed by atoms with E-state index in [0.29, 0.717) is 12.1 Å². The number of nitrogens with one attached hydrogen (secondary N) is 1. The van der Waals surface area contributed by atoms with E-state index in [2.05, 4.69) is 10.5 Å². The summed E-state index contributed by atoms with van der Waals surface area (Å²) in [7, 11) is 0. The Morgan fingerprint density at radius 2 is 1.86 bits per heavy atom. The summed E-state index contributed by atoms with van der Waals surface area (Å²) >= 11 is 0. The van der Waals surface area contributed by atoms with Crippen LogP contribution in [0.25, 0.3) is 0 Å². The lowest BCUT2D eigenvalue weighted by Gasteiger charge is -2.20. The fourth-order valence-corrected chi connectivity index (χ4v) is 2.26. The van der Waals surface area contributed by atoms with Gasteiger partial charge in [-0.05, 0) is 24.6 Å². The van der Waals surface area contributed by atoms with Crippen LogP contribution in [0.4, 0.5) is 10.1 Å². The zero-order chi connectivity index (χ0) is 15.6. The third-order valence-corrected chi connectivity index (χ3v) is 3.57. The lowest BCUT2D eigenvalue weighted by Crippen LogP contribution is -2.40. The maximum Gasteiger partial charge on any atom is 0.271 e. The first-order chi connectivity index (χ1) is 10.6. The maximum atomic E-state index is 13.6. The predicted molar refractivity (Wildman–Crippen MR) is 82.1 cm³/mol. The molecule has 4 nitrogen and oxygen atoms in total. The molecule has 1 unspecified atom stereocenters. The number of carbonyl (C=O) groups is 1. The smallest absolute Gasteiger partial charge is 0.271 e. The normalized spacial score (nSPS) is 20.2. The van der Waals surface area contributed by atoms with Crippen LogP contribution < -0.4 is 5.32 Å². The van der Waals surface area contributed by atoms with Gasteiger partial charge in [-0.3, -0.25) is 4.79 Å². The Morgan fingerprint density at radius 3 is 2.59 bits per heavy atom. The zero-order valence-corrected chi connectivity index (χ0v) is 12.0. The van der Waals surface area contributed by atoms with E-state index in [1.54, 1.807) is 19.1 Å². The van der Waals surface area contributed by atoms with E-state index >= 15 is 0 Å². The lowest BCUT2D eigenvalue weighted by molar-refractivity contribution is -0.135. The minimum Gasteiger partial charge on any atom is -0.379 e. The number of anilines is 1. The van der Waals surface area contributed by atoms with Crippen molar-refractivity contribution < 1.29 is 14.0 Å². The van der Waals surface area contributed by atoms with Gasteiger partial charge in [-0.1, -0.05) is 47.6 Å². The maximum absolute atomic E-state index is 13.6. The Morgan fingerprint density at radius 1 is 1.18 bits per heavy atom. The van der Waals surface area contributed by atoms with Gasteiger partial charge in [0.1, 0.15) is 5.82 Å². The second-order valence-corrected chi connectivity index (χ2v) is 5.34. The van der Waals surface area contributed by atoms with Gasteiger partial charge in [-0.2, -0.15) is 0 Å². The molecule has 2 aromatic rings. The first-order valence-corrected chi connectivity index (χ1v) is 6.95. The summed E-state index contributed by atoms with van der Waals surface area (Å²) in [5, 5.41) is 6.56. The molecule has 3 rings (SSSR count). The fraction of sp³-hybridized carbons (Fsp3) is 0.176. The third kappa shape index (κ3) is 2.70. The van der Waals surface area contributed by atoms with Gasteiger partial charge in [-0.15, -0.1) is 0 Å². The van der Waals surface area contributed by atoms with Crippen molar-refractivity contribution in [2.75, 3.05) is 5.32 Å². The van der Waals surface area contributed by atoms with Crippen molar-refractivity contribution >= 4 is 17.3 Å². The fourth-order valence-electron chi connectivity index (χ4n) is 2.26. The number of amides is 1. The zero-order valence-electron chi connectivity index (χ0n) is 12.0. The number of halogens is 1. The number of oxime groups is 1. The molecule has 1 N–H and O–H groups in total. The largest absolute Gasteiger partial charge is 0.379 e. The topological polar surface area (TPSA) is 50.7 Å². The second-order valence-electron chi connectivity index (χ2n) is 5.34. The van der Waals surface area contributed by atoms with Crippen molar-refractivity contribution in [3.05, 3.63) is 66.0 Å². The van der Waals surface area contributed by atoms with Gasteiger partial charge < -0.3 is 10.2 Å². The molecule has 1 heterocycles. The number of hydrogen-bond donors (Lipinski definition) is 1. The molecule has 0 bridgehead atoms. The Bertz CT molecular complexity index is 730. The number of hydrogen-bond acceptors (Lipinski definition) is 3. The second kappa shape index (κ2) is 5.60. The molecule has 22 heavy (non-hydrogen) atoms. The van der Waals surface area contributed by atoms with Gasteiger partial charge >= 0.3 is 0 Å². The van der Waals surface area contributed by atoms with Crippen LogP contribution in [0, 0.1) is 5.82 Å². The van der Waals surface area contributed by atoms with Crippen LogP contribution in [0.2, 0.25) is 0 Å². The summed E-state index contributed by atoms with van der Waals surface area (Å²) in [5.74, 6) is -0.908. The van der Waals surface area contributed by atoms with Gasteiger partial charge in [0, 0.05) is 6.42 Å². The molecule has 112 valence electrons. The molecule has 1 atom stereocenters. The SMILES string of the molecule is CC1(C(=O)Nc2ccccc2F)CC(c2ccccc2)=NO1. The van der Waals surface area contributed by atoms with E-state index in [1.807, 2.05) is 30.3 Å². The third-order valence-electron chi connectivity index (χ3n) is 3.57. The summed E-state index contributed by atoms with van der Waals surface area (Å²) < 4.78 is 13.6. The molecule has 1 amide bonds. The Hall–Kier alpha value is -2.69. The molecule has 2 aromatic carbocycles. The number of nitrogens with zero attached hydrogens (tertiary/aromatic N) is 1. The van der Waals surface area contributed by atoms with E-state index in [0.717, 1.165) is 5.56 Å². The van der Waals surface area contributed by atoms with E-state index < -0.39 is 17.3 Å². The highest BCUT2D eigenvalue weighted by atomic mass is 19.1. The summed E-state index contributed by atoms with van der Waals surface area (Å²) in [5.41, 5.74) is 0.593. The molecular formula is C17H15FN2O2. The minimum atomic E-state index is -1.15. The Balaban J connectivity index is 1.73. The van der Waals surface area contributed by atoms with Crippen molar-refractivity contribution in [2.45, 2.75) is 18.9 Å². The molecule has 0 aromatic heterocycles.